The molecule has 1 aliphatic rings. The summed E-state index contributed by atoms with van der Waals surface area (Å²) in [6, 6.07) is 0. The van der Waals surface area contributed by atoms with Gasteiger partial charge in [0.25, 0.3) is 0 Å². The largest absolute Gasteiger partial charge is 0.377 e. The average molecular weight is 254 g/mol. The molecule has 2 N–H and O–H groups in total. The van der Waals surface area contributed by atoms with Gasteiger partial charge in [-0.2, -0.15) is 4.98 Å². The summed E-state index contributed by atoms with van der Waals surface area (Å²) in [5.74, 6) is 1.79. The minimum atomic E-state index is 0.299. The fourth-order valence-electron chi connectivity index (χ4n) is 2.04. The second-order valence-corrected chi connectivity index (χ2v) is 5.18. The minimum absolute atomic E-state index is 0.299. The molecule has 0 bridgehead atoms. The molecule has 0 saturated carbocycles. The number of ether oxygens (including phenoxy) is 1. The molecule has 0 radical (unpaired) electrons. The van der Waals surface area contributed by atoms with Gasteiger partial charge in [-0.3, -0.25) is 4.90 Å². The zero-order valence-corrected chi connectivity index (χ0v) is 11.1. The number of nitrogens with zero attached hydrogens (tertiary/aromatic N) is 3. The molecule has 1 saturated heterocycles. The van der Waals surface area contributed by atoms with Gasteiger partial charge in [-0.05, 0) is 12.3 Å². The van der Waals surface area contributed by atoms with Gasteiger partial charge in [-0.1, -0.05) is 19.0 Å². The number of nitrogens with two attached hydrogens (primary N) is 1. The van der Waals surface area contributed by atoms with Gasteiger partial charge < -0.3 is 15.0 Å². The maximum atomic E-state index is 5.83. The molecule has 1 fully saturated rings. The maximum Gasteiger partial charge on any atom is 0.240 e. The topological polar surface area (TPSA) is 77.4 Å². The van der Waals surface area contributed by atoms with E-state index in [1.165, 1.54) is 0 Å². The summed E-state index contributed by atoms with van der Waals surface area (Å²) in [5, 5.41) is 3.90. The summed E-state index contributed by atoms with van der Waals surface area (Å²) in [7, 11) is 0. The molecule has 2 rings (SSSR count). The first-order valence-electron chi connectivity index (χ1n) is 6.53. The zero-order valence-electron chi connectivity index (χ0n) is 11.1. The molecule has 1 unspecified atom stereocenters. The van der Waals surface area contributed by atoms with E-state index in [1.54, 1.807) is 0 Å². The third-order valence-corrected chi connectivity index (χ3v) is 2.94. The van der Waals surface area contributed by atoms with Crippen molar-refractivity contribution in [3.05, 3.63) is 11.7 Å². The second kappa shape index (κ2) is 6.26. The van der Waals surface area contributed by atoms with Gasteiger partial charge in [0.15, 0.2) is 5.82 Å². The standard InChI is InChI=1S/C12H22N4O2/c1-9(2)8-17-10-3-4-16(6-10)7-11-14-12(5-13)18-15-11/h9-10H,3-8,13H2,1-2H3. The van der Waals surface area contributed by atoms with Crippen LogP contribution in [0.15, 0.2) is 4.52 Å². The van der Waals surface area contributed by atoms with Gasteiger partial charge in [0.05, 0.1) is 19.2 Å². The molecule has 6 heteroatoms. The lowest BCUT2D eigenvalue weighted by molar-refractivity contribution is 0.0410. The lowest BCUT2D eigenvalue weighted by atomic mass is 10.2. The molecular formula is C12H22N4O2. The lowest BCUT2D eigenvalue weighted by Crippen LogP contribution is -2.24. The third kappa shape index (κ3) is 3.76. The number of hydrogen-bond acceptors (Lipinski definition) is 6. The number of rotatable bonds is 6. The van der Waals surface area contributed by atoms with Gasteiger partial charge in [-0.15, -0.1) is 0 Å². The SMILES string of the molecule is CC(C)COC1CCN(Cc2noc(CN)n2)C1. The number of aromatic nitrogens is 2. The Hall–Kier alpha value is -0.980. The van der Waals surface area contributed by atoms with E-state index < -0.39 is 0 Å². The van der Waals surface area contributed by atoms with Crippen molar-refractivity contribution in [2.45, 2.75) is 39.5 Å². The second-order valence-electron chi connectivity index (χ2n) is 5.18. The van der Waals surface area contributed by atoms with Gasteiger partial charge >= 0.3 is 0 Å². The van der Waals surface area contributed by atoms with Crippen LogP contribution in [0.2, 0.25) is 0 Å². The molecule has 2 heterocycles. The highest BCUT2D eigenvalue weighted by atomic mass is 16.5. The summed E-state index contributed by atoms with van der Waals surface area (Å²) in [5.41, 5.74) is 5.43. The van der Waals surface area contributed by atoms with Crippen molar-refractivity contribution in [2.24, 2.45) is 11.7 Å². The van der Waals surface area contributed by atoms with E-state index in [1.807, 2.05) is 0 Å². The summed E-state index contributed by atoms with van der Waals surface area (Å²) < 4.78 is 10.8. The molecule has 0 amide bonds. The van der Waals surface area contributed by atoms with Gasteiger partial charge in [0, 0.05) is 19.7 Å². The number of likely N-dealkylation sites (tertiary alicyclic amines) is 1. The Morgan fingerprint density at radius 3 is 3.06 bits per heavy atom. The van der Waals surface area contributed by atoms with Gasteiger partial charge in [0.2, 0.25) is 5.89 Å². The monoisotopic (exact) mass is 254 g/mol. The van der Waals surface area contributed by atoms with Crippen LogP contribution in [0.25, 0.3) is 0 Å². The van der Waals surface area contributed by atoms with Crippen LogP contribution in [0, 0.1) is 5.92 Å². The molecule has 0 spiro atoms. The van der Waals surface area contributed by atoms with Crippen LogP contribution < -0.4 is 5.73 Å². The maximum absolute atomic E-state index is 5.83. The quantitative estimate of drug-likeness (QED) is 0.808. The Morgan fingerprint density at radius 1 is 1.56 bits per heavy atom. The summed E-state index contributed by atoms with van der Waals surface area (Å²) in [6.07, 6.45) is 1.42. The Balaban J connectivity index is 1.75. The van der Waals surface area contributed by atoms with E-state index in [-0.39, 0.29) is 0 Å². The average Bonchev–Trinajstić information content (AvgIpc) is 2.96. The number of hydrogen-bond donors (Lipinski definition) is 1. The van der Waals surface area contributed by atoms with Crippen molar-refractivity contribution in [3.8, 4) is 0 Å². The van der Waals surface area contributed by atoms with Crippen LogP contribution in [0.4, 0.5) is 0 Å². The minimum Gasteiger partial charge on any atom is -0.377 e. The highest BCUT2D eigenvalue weighted by Gasteiger charge is 2.24. The fourth-order valence-corrected chi connectivity index (χ4v) is 2.04. The van der Waals surface area contributed by atoms with E-state index in [9.17, 15) is 0 Å². The predicted octanol–water partition coefficient (Wildman–Crippen LogP) is 0.775. The highest BCUT2D eigenvalue weighted by Crippen LogP contribution is 2.15. The Morgan fingerprint density at radius 2 is 2.39 bits per heavy atom. The summed E-state index contributed by atoms with van der Waals surface area (Å²) >= 11 is 0. The van der Waals surface area contributed by atoms with Crippen LogP contribution in [-0.4, -0.2) is 40.8 Å². The van der Waals surface area contributed by atoms with E-state index in [4.69, 9.17) is 15.0 Å². The van der Waals surface area contributed by atoms with Crippen molar-refractivity contribution >= 4 is 0 Å². The van der Waals surface area contributed by atoms with Crippen LogP contribution in [0.3, 0.4) is 0 Å². The molecule has 1 aromatic heterocycles. The molecule has 1 atom stereocenters. The first-order valence-corrected chi connectivity index (χ1v) is 6.53. The Bertz CT molecular complexity index is 367. The van der Waals surface area contributed by atoms with Crippen molar-refractivity contribution in [3.63, 3.8) is 0 Å². The van der Waals surface area contributed by atoms with E-state index in [0.29, 0.717) is 36.8 Å². The van der Waals surface area contributed by atoms with E-state index in [0.717, 1.165) is 26.1 Å². The molecule has 0 aliphatic carbocycles. The van der Waals surface area contributed by atoms with Crippen LogP contribution >= 0.6 is 0 Å². The Labute approximate surface area is 107 Å². The molecule has 0 aromatic carbocycles. The normalized spacial score (nSPS) is 21.0. The molecule has 18 heavy (non-hydrogen) atoms. The smallest absolute Gasteiger partial charge is 0.240 e. The van der Waals surface area contributed by atoms with Crippen LogP contribution in [-0.2, 0) is 17.8 Å². The van der Waals surface area contributed by atoms with Gasteiger partial charge in [0.1, 0.15) is 0 Å². The predicted molar refractivity (Wildman–Crippen MR) is 66.7 cm³/mol. The first kappa shape index (κ1) is 13.5. The summed E-state index contributed by atoms with van der Waals surface area (Å²) in [6.45, 7) is 8.14. The fraction of sp³-hybridized carbons (Fsp3) is 0.833. The van der Waals surface area contributed by atoms with Crippen molar-refractivity contribution in [2.75, 3.05) is 19.7 Å². The molecule has 102 valence electrons. The summed E-state index contributed by atoms with van der Waals surface area (Å²) in [4.78, 5) is 6.49. The van der Waals surface area contributed by atoms with Gasteiger partial charge in [-0.25, -0.2) is 0 Å². The molecule has 1 aliphatic heterocycles. The van der Waals surface area contributed by atoms with E-state index in [2.05, 4.69) is 28.9 Å². The molecule has 1 aromatic rings. The van der Waals surface area contributed by atoms with Crippen molar-refractivity contribution in [1.82, 2.24) is 15.0 Å². The molecular weight excluding hydrogens is 232 g/mol. The zero-order chi connectivity index (χ0) is 13.0. The third-order valence-electron chi connectivity index (χ3n) is 2.94. The van der Waals surface area contributed by atoms with Crippen molar-refractivity contribution in [1.29, 1.82) is 0 Å². The first-order chi connectivity index (χ1) is 8.67. The lowest BCUT2D eigenvalue weighted by Gasteiger charge is -2.15. The highest BCUT2D eigenvalue weighted by molar-refractivity contribution is 4.88. The molecule has 6 nitrogen and oxygen atoms in total. The Kier molecular flexibility index (Phi) is 4.68. The van der Waals surface area contributed by atoms with Crippen molar-refractivity contribution < 1.29 is 9.26 Å². The van der Waals surface area contributed by atoms with E-state index >= 15 is 0 Å². The van der Waals surface area contributed by atoms with Crippen LogP contribution in [0.1, 0.15) is 32.0 Å². The van der Waals surface area contributed by atoms with Crippen LogP contribution in [0.5, 0.6) is 0 Å².